The molecule has 1 amide bonds. The number of para-hydroxylation sites is 1. The summed E-state index contributed by atoms with van der Waals surface area (Å²) in [6.07, 6.45) is -0.525. The molecule has 1 N–H and O–H groups in total. The van der Waals surface area contributed by atoms with Gasteiger partial charge in [-0.15, -0.1) is 18.3 Å². The number of hydrogen-bond donors (Lipinski definition) is 1. The van der Waals surface area contributed by atoms with Crippen LogP contribution in [0.4, 0.5) is 18.9 Å². The van der Waals surface area contributed by atoms with Gasteiger partial charge in [-0.25, -0.2) is 9.67 Å². The fourth-order valence-corrected chi connectivity index (χ4v) is 5.53. The van der Waals surface area contributed by atoms with Gasteiger partial charge in [-0.1, -0.05) is 54.2 Å². The van der Waals surface area contributed by atoms with Crippen molar-refractivity contribution in [1.29, 1.82) is 0 Å². The Balaban J connectivity index is 1.08. The van der Waals surface area contributed by atoms with Gasteiger partial charge in [0.05, 0.1) is 17.1 Å². The highest BCUT2D eigenvalue weighted by molar-refractivity contribution is 8.15. The number of ether oxygens (including phenoxy) is 1. The lowest BCUT2D eigenvalue weighted by Gasteiger charge is -2.18. The molecule has 0 atom stereocenters. The molecule has 1 fully saturated rings. The minimum absolute atomic E-state index is 0.0100. The summed E-state index contributed by atoms with van der Waals surface area (Å²) in [7, 11) is 0. The maximum atomic E-state index is 12.5. The first-order chi connectivity index (χ1) is 20.7. The molecule has 13 heteroatoms. The first-order valence-electron chi connectivity index (χ1n) is 13.4. The summed E-state index contributed by atoms with van der Waals surface area (Å²) in [4.78, 5) is 22.9. The molecule has 8 nitrogen and oxygen atoms in total. The molecule has 4 aromatic rings. The van der Waals surface area contributed by atoms with Crippen LogP contribution in [0.3, 0.4) is 0 Å². The van der Waals surface area contributed by atoms with E-state index in [0.29, 0.717) is 34.1 Å². The number of amides is 1. The average molecular weight is 625 g/mol. The Bertz CT molecular complexity index is 1620. The van der Waals surface area contributed by atoms with E-state index in [2.05, 4.69) is 25.1 Å². The Hall–Kier alpha value is -4.23. The largest absolute Gasteiger partial charge is 0.573 e. The van der Waals surface area contributed by atoms with Crippen LogP contribution in [-0.2, 0) is 11.2 Å². The SMILES string of the molecule is Cc1ccccc1N1C(=O)CSC1=NC(=S)NCCCCc1ccc(-c2ncn(-c3ccc(OC(F)(F)F)cc3)n2)cc1. The molecule has 0 unspecified atom stereocenters. The fraction of sp³-hybridized carbons (Fsp3) is 0.233. The lowest BCUT2D eigenvalue weighted by atomic mass is 10.1. The smallest absolute Gasteiger partial charge is 0.406 e. The molecule has 0 spiro atoms. The number of carbonyl (C=O) groups excluding carboxylic acids is 1. The zero-order valence-corrected chi connectivity index (χ0v) is 24.7. The quantitative estimate of drug-likeness (QED) is 0.169. The highest BCUT2D eigenvalue weighted by Gasteiger charge is 2.31. The third-order valence-corrected chi connectivity index (χ3v) is 7.69. The van der Waals surface area contributed by atoms with Crippen molar-refractivity contribution in [2.24, 2.45) is 4.99 Å². The Morgan fingerprint density at radius 2 is 1.81 bits per heavy atom. The van der Waals surface area contributed by atoms with E-state index in [4.69, 9.17) is 12.2 Å². The second-order valence-electron chi connectivity index (χ2n) is 9.64. The molecular weight excluding hydrogens is 597 g/mol. The second kappa shape index (κ2) is 13.4. The first kappa shape index (κ1) is 30.2. The molecule has 2 heterocycles. The summed E-state index contributed by atoms with van der Waals surface area (Å²) >= 11 is 6.80. The van der Waals surface area contributed by atoms with Crippen LogP contribution in [0.5, 0.6) is 5.75 Å². The average Bonchev–Trinajstić information content (AvgIpc) is 3.60. The molecule has 0 aliphatic carbocycles. The number of nitrogens with one attached hydrogen (secondary N) is 1. The number of aromatic nitrogens is 3. The predicted molar refractivity (Wildman–Crippen MR) is 166 cm³/mol. The molecule has 0 radical (unpaired) electrons. The number of anilines is 1. The van der Waals surface area contributed by atoms with Gasteiger partial charge in [0, 0.05) is 12.1 Å². The second-order valence-corrected chi connectivity index (χ2v) is 11.0. The number of amidine groups is 1. The van der Waals surface area contributed by atoms with Crippen molar-refractivity contribution in [2.75, 3.05) is 17.2 Å². The number of aryl methyl sites for hydroxylation is 2. The van der Waals surface area contributed by atoms with Crippen molar-refractivity contribution in [3.8, 4) is 22.8 Å². The van der Waals surface area contributed by atoms with Gasteiger partial charge < -0.3 is 10.1 Å². The minimum Gasteiger partial charge on any atom is -0.406 e. The van der Waals surface area contributed by atoms with Gasteiger partial charge in [0.25, 0.3) is 0 Å². The van der Waals surface area contributed by atoms with Gasteiger partial charge >= 0.3 is 6.36 Å². The molecule has 0 bridgehead atoms. The summed E-state index contributed by atoms with van der Waals surface area (Å²) in [6, 6.07) is 21.1. The summed E-state index contributed by atoms with van der Waals surface area (Å²) in [5.74, 6) is 0.532. The molecule has 43 heavy (non-hydrogen) atoms. The molecule has 1 aliphatic heterocycles. The summed E-state index contributed by atoms with van der Waals surface area (Å²) in [5, 5.41) is 8.56. The van der Waals surface area contributed by atoms with Crippen molar-refractivity contribution in [3.63, 3.8) is 0 Å². The van der Waals surface area contributed by atoms with Crippen molar-refractivity contribution in [3.05, 3.63) is 90.3 Å². The standard InChI is InChI=1S/C30H27F3N6O2S2/c1-20-6-2-3-8-25(20)39-26(40)18-43-29(39)36-28(42)34-17-5-4-7-21-9-11-22(12-10-21)27-35-19-38(37-27)23-13-15-24(16-14-23)41-30(31,32)33/h2-3,6,8-16,19H,4-5,7,17-18H2,1H3,(H,34,42). The Kier molecular flexibility index (Phi) is 9.41. The summed E-state index contributed by atoms with van der Waals surface area (Å²) < 4.78 is 42.5. The number of nitrogens with zero attached hydrogens (tertiary/aromatic N) is 5. The number of halogens is 3. The van der Waals surface area contributed by atoms with E-state index < -0.39 is 6.36 Å². The Labute approximate surface area is 256 Å². The normalized spacial score (nSPS) is 14.4. The van der Waals surface area contributed by atoms with Crippen LogP contribution in [0.25, 0.3) is 17.1 Å². The number of hydrogen-bond acceptors (Lipinski definition) is 6. The number of thioether (sulfide) groups is 1. The molecule has 0 saturated carbocycles. The molecular formula is C30H27F3N6O2S2. The van der Waals surface area contributed by atoms with Crippen LogP contribution in [-0.4, -0.2) is 49.6 Å². The fourth-order valence-electron chi connectivity index (χ4n) is 4.41. The van der Waals surface area contributed by atoms with Gasteiger partial charge in [0.2, 0.25) is 5.91 Å². The third kappa shape index (κ3) is 7.99. The highest BCUT2D eigenvalue weighted by atomic mass is 32.2. The van der Waals surface area contributed by atoms with Gasteiger partial charge in [-0.2, -0.15) is 4.99 Å². The lowest BCUT2D eigenvalue weighted by Crippen LogP contribution is -2.32. The van der Waals surface area contributed by atoms with Crippen molar-refractivity contribution in [1.82, 2.24) is 20.1 Å². The van der Waals surface area contributed by atoms with E-state index in [1.165, 1.54) is 52.6 Å². The maximum absolute atomic E-state index is 12.5. The first-order valence-corrected chi connectivity index (χ1v) is 14.8. The number of alkyl halides is 3. The Morgan fingerprint density at radius 1 is 1.07 bits per heavy atom. The molecule has 3 aromatic carbocycles. The van der Waals surface area contributed by atoms with Gasteiger partial charge in [0.1, 0.15) is 12.1 Å². The number of rotatable bonds is 9. The molecule has 5 rings (SSSR count). The Morgan fingerprint density at radius 3 is 2.53 bits per heavy atom. The lowest BCUT2D eigenvalue weighted by molar-refractivity contribution is -0.274. The van der Waals surface area contributed by atoms with E-state index in [-0.39, 0.29) is 11.7 Å². The highest BCUT2D eigenvalue weighted by Crippen LogP contribution is 2.29. The van der Waals surface area contributed by atoms with Crippen LogP contribution in [0.15, 0.2) is 84.1 Å². The van der Waals surface area contributed by atoms with E-state index in [1.807, 2.05) is 55.5 Å². The molecule has 1 aliphatic rings. The zero-order chi connectivity index (χ0) is 30.4. The van der Waals surface area contributed by atoms with Crippen LogP contribution in [0.1, 0.15) is 24.0 Å². The number of unbranched alkanes of at least 4 members (excludes halogenated alkanes) is 1. The molecule has 1 saturated heterocycles. The number of benzene rings is 3. The maximum Gasteiger partial charge on any atom is 0.573 e. The van der Waals surface area contributed by atoms with Gasteiger partial charge in [0.15, 0.2) is 16.1 Å². The van der Waals surface area contributed by atoms with Crippen LogP contribution >= 0.6 is 24.0 Å². The van der Waals surface area contributed by atoms with Gasteiger partial charge in [-0.05, 0) is 79.9 Å². The predicted octanol–water partition coefficient (Wildman–Crippen LogP) is 6.47. The van der Waals surface area contributed by atoms with Gasteiger partial charge in [-0.3, -0.25) is 9.69 Å². The molecule has 222 valence electrons. The van der Waals surface area contributed by atoms with E-state index in [9.17, 15) is 18.0 Å². The van der Waals surface area contributed by atoms with Crippen LogP contribution < -0.4 is 15.0 Å². The van der Waals surface area contributed by atoms with Crippen molar-refractivity contribution >= 4 is 45.9 Å². The van der Waals surface area contributed by atoms with Crippen molar-refractivity contribution < 1.29 is 22.7 Å². The minimum atomic E-state index is -4.74. The topological polar surface area (TPSA) is 84.6 Å². The molecule has 1 aromatic heterocycles. The summed E-state index contributed by atoms with van der Waals surface area (Å²) in [5.41, 5.74) is 4.37. The summed E-state index contributed by atoms with van der Waals surface area (Å²) in [6.45, 7) is 2.63. The number of carbonyl (C=O) groups is 1. The monoisotopic (exact) mass is 624 g/mol. The van der Waals surface area contributed by atoms with Crippen LogP contribution in [0.2, 0.25) is 0 Å². The van der Waals surface area contributed by atoms with E-state index >= 15 is 0 Å². The number of thiocarbonyl (C=S) groups is 1. The number of aliphatic imine (C=N–C) groups is 1. The van der Waals surface area contributed by atoms with E-state index in [0.717, 1.165) is 36.1 Å². The van der Waals surface area contributed by atoms with Crippen LogP contribution in [0, 0.1) is 6.92 Å². The van der Waals surface area contributed by atoms with E-state index in [1.54, 1.807) is 4.90 Å². The third-order valence-electron chi connectivity index (χ3n) is 6.53. The van der Waals surface area contributed by atoms with Crippen molar-refractivity contribution in [2.45, 2.75) is 32.5 Å². The zero-order valence-electron chi connectivity index (χ0n) is 23.0.